The molecule has 0 radical (unpaired) electrons. The van der Waals surface area contributed by atoms with E-state index in [1.165, 1.54) is 11.3 Å². The SMILES string of the molecule is O=C(Nc1nncs1)C1CCCN(C(=O)c2ccc(Cl)cc2)C1. The van der Waals surface area contributed by atoms with Crippen molar-refractivity contribution in [3.63, 3.8) is 0 Å². The second-order valence-corrected chi connectivity index (χ2v) is 6.60. The van der Waals surface area contributed by atoms with Crippen LogP contribution in [0.5, 0.6) is 0 Å². The summed E-state index contributed by atoms with van der Waals surface area (Å²) in [5, 5.41) is 11.3. The van der Waals surface area contributed by atoms with Gasteiger partial charge in [-0.25, -0.2) is 0 Å². The summed E-state index contributed by atoms with van der Waals surface area (Å²) in [6, 6.07) is 6.79. The van der Waals surface area contributed by atoms with Crippen LogP contribution in [0.15, 0.2) is 29.8 Å². The summed E-state index contributed by atoms with van der Waals surface area (Å²) in [6.07, 6.45) is 1.56. The van der Waals surface area contributed by atoms with Crippen LogP contribution in [0.4, 0.5) is 5.13 Å². The number of anilines is 1. The maximum atomic E-state index is 12.5. The van der Waals surface area contributed by atoms with Gasteiger partial charge in [0.05, 0.1) is 5.92 Å². The number of halogens is 1. The van der Waals surface area contributed by atoms with Crippen LogP contribution in [0, 0.1) is 5.92 Å². The molecule has 8 heteroatoms. The quantitative estimate of drug-likeness (QED) is 0.923. The average Bonchev–Trinajstić information content (AvgIpc) is 3.08. The normalized spacial score (nSPS) is 17.8. The number of carbonyl (C=O) groups is 2. The Morgan fingerprint density at radius 2 is 2.09 bits per heavy atom. The third-order valence-electron chi connectivity index (χ3n) is 3.76. The van der Waals surface area contributed by atoms with Crippen molar-refractivity contribution in [2.45, 2.75) is 12.8 Å². The van der Waals surface area contributed by atoms with Gasteiger partial charge in [0.15, 0.2) is 0 Å². The Kier molecular flexibility index (Phi) is 4.88. The number of carbonyl (C=O) groups excluding carboxylic acids is 2. The summed E-state index contributed by atoms with van der Waals surface area (Å²) in [6.45, 7) is 1.07. The molecule has 0 saturated carbocycles. The van der Waals surface area contributed by atoms with Gasteiger partial charge in [-0.15, -0.1) is 10.2 Å². The number of hydrogen-bond acceptors (Lipinski definition) is 5. The predicted octanol–water partition coefficient (Wildman–Crippen LogP) is 2.68. The molecule has 1 N–H and O–H groups in total. The molecule has 3 rings (SSSR count). The average molecular weight is 351 g/mol. The van der Waals surface area contributed by atoms with Crippen molar-refractivity contribution in [3.05, 3.63) is 40.4 Å². The van der Waals surface area contributed by atoms with Crippen LogP contribution < -0.4 is 5.32 Å². The molecule has 0 spiro atoms. The molecule has 0 bridgehead atoms. The van der Waals surface area contributed by atoms with E-state index in [4.69, 9.17) is 11.6 Å². The zero-order valence-corrected chi connectivity index (χ0v) is 13.8. The minimum absolute atomic E-state index is 0.0740. The zero-order valence-electron chi connectivity index (χ0n) is 12.2. The Bertz CT molecular complexity index is 690. The van der Waals surface area contributed by atoms with Crippen LogP contribution in [0.25, 0.3) is 0 Å². The number of nitrogens with one attached hydrogen (secondary N) is 1. The van der Waals surface area contributed by atoms with E-state index in [1.807, 2.05) is 0 Å². The van der Waals surface area contributed by atoms with E-state index in [2.05, 4.69) is 15.5 Å². The van der Waals surface area contributed by atoms with E-state index in [-0.39, 0.29) is 17.7 Å². The van der Waals surface area contributed by atoms with Crippen molar-refractivity contribution < 1.29 is 9.59 Å². The summed E-state index contributed by atoms with van der Waals surface area (Å²) in [7, 11) is 0. The minimum Gasteiger partial charge on any atom is -0.338 e. The van der Waals surface area contributed by atoms with Crippen molar-refractivity contribution in [1.82, 2.24) is 15.1 Å². The molecule has 1 aliphatic heterocycles. The number of hydrogen-bond donors (Lipinski definition) is 1. The molecule has 1 aromatic carbocycles. The molecule has 1 saturated heterocycles. The largest absolute Gasteiger partial charge is 0.338 e. The Morgan fingerprint density at radius 1 is 1.30 bits per heavy atom. The molecular weight excluding hydrogens is 336 g/mol. The van der Waals surface area contributed by atoms with Gasteiger partial charge < -0.3 is 10.2 Å². The summed E-state index contributed by atoms with van der Waals surface area (Å²) in [5.41, 5.74) is 2.15. The monoisotopic (exact) mass is 350 g/mol. The second kappa shape index (κ2) is 7.06. The Hall–Kier alpha value is -1.99. The summed E-state index contributed by atoms with van der Waals surface area (Å²) < 4.78 is 0. The standard InChI is InChI=1S/C15H15ClN4O2S/c16-12-5-3-10(4-6-12)14(22)20-7-1-2-11(8-20)13(21)18-15-19-17-9-23-15/h3-6,9,11H,1-2,7-8H2,(H,18,19,21). The first-order valence-corrected chi connectivity index (χ1v) is 8.51. The fraction of sp³-hybridized carbons (Fsp3) is 0.333. The number of nitrogens with zero attached hydrogens (tertiary/aromatic N) is 3. The number of piperidine rings is 1. The number of rotatable bonds is 3. The maximum absolute atomic E-state index is 12.5. The van der Waals surface area contributed by atoms with Gasteiger partial charge in [0, 0.05) is 23.7 Å². The van der Waals surface area contributed by atoms with Gasteiger partial charge in [-0.3, -0.25) is 9.59 Å². The predicted molar refractivity (Wildman–Crippen MR) is 88.6 cm³/mol. The van der Waals surface area contributed by atoms with Gasteiger partial charge in [-0.2, -0.15) is 0 Å². The summed E-state index contributed by atoms with van der Waals surface area (Å²) in [4.78, 5) is 26.5. The van der Waals surface area contributed by atoms with Crippen molar-refractivity contribution in [2.24, 2.45) is 5.92 Å². The van der Waals surface area contributed by atoms with Gasteiger partial charge >= 0.3 is 0 Å². The Balaban J connectivity index is 1.64. The molecule has 2 aromatic rings. The van der Waals surface area contributed by atoms with Crippen LogP contribution in [0.2, 0.25) is 5.02 Å². The van der Waals surface area contributed by atoms with Crippen molar-refractivity contribution in [3.8, 4) is 0 Å². The lowest BCUT2D eigenvalue weighted by atomic mass is 9.96. The Morgan fingerprint density at radius 3 is 2.78 bits per heavy atom. The van der Waals surface area contributed by atoms with E-state index in [1.54, 1.807) is 34.7 Å². The van der Waals surface area contributed by atoms with E-state index >= 15 is 0 Å². The van der Waals surface area contributed by atoms with Gasteiger partial charge in [0.2, 0.25) is 11.0 Å². The van der Waals surface area contributed by atoms with Gasteiger partial charge in [0.25, 0.3) is 5.91 Å². The molecule has 1 unspecified atom stereocenters. The lowest BCUT2D eigenvalue weighted by Crippen LogP contribution is -2.43. The first-order valence-electron chi connectivity index (χ1n) is 7.25. The van der Waals surface area contributed by atoms with Crippen LogP contribution in [0.3, 0.4) is 0 Å². The first kappa shape index (κ1) is 15.9. The van der Waals surface area contributed by atoms with Crippen LogP contribution >= 0.6 is 22.9 Å². The first-order chi connectivity index (χ1) is 11.1. The van der Waals surface area contributed by atoms with Crippen LogP contribution in [-0.4, -0.2) is 40.0 Å². The third-order valence-corrected chi connectivity index (χ3v) is 4.62. The summed E-state index contributed by atoms with van der Waals surface area (Å²) in [5.74, 6) is -0.422. The minimum atomic E-state index is -0.232. The number of amides is 2. The molecule has 23 heavy (non-hydrogen) atoms. The number of aromatic nitrogens is 2. The highest BCUT2D eigenvalue weighted by molar-refractivity contribution is 7.13. The fourth-order valence-electron chi connectivity index (χ4n) is 2.59. The van der Waals surface area contributed by atoms with Crippen LogP contribution in [0.1, 0.15) is 23.2 Å². The molecule has 1 aromatic heterocycles. The van der Waals surface area contributed by atoms with Gasteiger partial charge in [-0.05, 0) is 37.1 Å². The lowest BCUT2D eigenvalue weighted by Gasteiger charge is -2.32. The second-order valence-electron chi connectivity index (χ2n) is 5.33. The number of likely N-dealkylation sites (tertiary alicyclic amines) is 1. The fourth-order valence-corrected chi connectivity index (χ4v) is 3.16. The highest BCUT2D eigenvalue weighted by Gasteiger charge is 2.29. The zero-order chi connectivity index (χ0) is 16.2. The van der Waals surface area contributed by atoms with Gasteiger partial charge in [-0.1, -0.05) is 22.9 Å². The summed E-state index contributed by atoms with van der Waals surface area (Å²) >= 11 is 7.12. The molecule has 0 aliphatic carbocycles. The molecule has 1 atom stereocenters. The molecule has 2 heterocycles. The molecule has 120 valence electrons. The van der Waals surface area contributed by atoms with E-state index < -0.39 is 0 Å². The highest BCUT2D eigenvalue weighted by atomic mass is 35.5. The molecule has 1 fully saturated rings. The van der Waals surface area contributed by atoms with Gasteiger partial charge in [0.1, 0.15) is 5.51 Å². The topological polar surface area (TPSA) is 75.2 Å². The third kappa shape index (κ3) is 3.86. The Labute approximate surface area is 142 Å². The highest BCUT2D eigenvalue weighted by Crippen LogP contribution is 2.21. The lowest BCUT2D eigenvalue weighted by molar-refractivity contribution is -0.121. The molecular formula is C15H15ClN4O2S. The molecule has 1 aliphatic rings. The van der Waals surface area contributed by atoms with E-state index in [0.29, 0.717) is 28.8 Å². The molecule has 6 nitrogen and oxygen atoms in total. The van der Waals surface area contributed by atoms with Crippen molar-refractivity contribution in [2.75, 3.05) is 18.4 Å². The van der Waals surface area contributed by atoms with E-state index in [0.717, 1.165) is 12.8 Å². The molecule has 2 amide bonds. The smallest absolute Gasteiger partial charge is 0.253 e. The maximum Gasteiger partial charge on any atom is 0.253 e. The van der Waals surface area contributed by atoms with Crippen molar-refractivity contribution >= 4 is 39.9 Å². The van der Waals surface area contributed by atoms with Crippen LogP contribution in [-0.2, 0) is 4.79 Å². The van der Waals surface area contributed by atoms with Crippen molar-refractivity contribution in [1.29, 1.82) is 0 Å². The van der Waals surface area contributed by atoms with E-state index in [9.17, 15) is 9.59 Å². The number of benzene rings is 1.